The third-order valence-corrected chi connectivity index (χ3v) is 4.92. The van der Waals surface area contributed by atoms with Crippen LogP contribution in [0.2, 0.25) is 0 Å². The molecule has 1 aromatic heterocycles. The highest BCUT2D eigenvalue weighted by molar-refractivity contribution is 6.08. The number of rotatable bonds is 6. The maximum Gasteiger partial charge on any atom is 0.0503 e. The summed E-state index contributed by atoms with van der Waals surface area (Å²) >= 11 is 0. The number of hydrogen-bond acceptors (Lipinski definition) is 0. The molecule has 118 valence electrons. The molecule has 1 heteroatoms. The Labute approximate surface area is 139 Å². The molecular formula is C22H25N. The van der Waals surface area contributed by atoms with E-state index in [1.807, 2.05) is 6.07 Å². The average Bonchev–Trinajstić information content (AvgIpc) is 2.91. The summed E-state index contributed by atoms with van der Waals surface area (Å²) < 4.78 is 2.48. The van der Waals surface area contributed by atoms with Crippen molar-refractivity contribution >= 4 is 21.8 Å². The lowest BCUT2D eigenvalue weighted by Crippen LogP contribution is -2.10. The summed E-state index contributed by atoms with van der Waals surface area (Å²) in [4.78, 5) is 0. The Morgan fingerprint density at radius 3 is 2.57 bits per heavy atom. The molecule has 0 amide bonds. The van der Waals surface area contributed by atoms with E-state index in [2.05, 4.69) is 60.7 Å². The fourth-order valence-electron chi connectivity index (χ4n) is 3.51. The molecule has 0 aliphatic carbocycles. The third kappa shape index (κ3) is 2.99. The molecule has 0 saturated carbocycles. The number of unbranched alkanes of at least 4 members (excludes halogenated alkanes) is 1. The molecule has 0 aliphatic rings. The largest absolute Gasteiger partial charge is 0.340 e. The van der Waals surface area contributed by atoms with E-state index < -0.39 is 0 Å². The first-order valence-electron chi connectivity index (χ1n) is 8.76. The molecule has 0 fully saturated rings. The second-order valence-corrected chi connectivity index (χ2v) is 6.42. The van der Waals surface area contributed by atoms with Gasteiger partial charge in [0.2, 0.25) is 0 Å². The topological polar surface area (TPSA) is 4.93 Å². The molecule has 0 bridgehead atoms. The van der Waals surface area contributed by atoms with E-state index in [1.165, 1.54) is 47.5 Å². The van der Waals surface area contributed by atoms with Gasteiger partial charge in [-0.15, -0.1) is 6.42 Å². The smallest absolute Gasteiger partial charge is 0.0503 e. The maximum atomic E-state index is 5.62. The van der Waals surface area contributed by atoms with Gasteiger partial charge in [-0.25, -0.2) is 0 Å². The monoisotopic (exact) mass is 303 g/mol. The summed E-state index contributed by atoms with van der Waals surface area (Å²) in [5, 5.41) is 2.64. The van der Waals surface area contributed by atoms with Crippen LogP contribution in [-0.4, -0.2) is 4.57 Å². The van der Waals surface area contributed by atoms with Crippen molar-refractivity contribution in [3.05, 3.63) is 48.0 Å². The van der Waals surface area contributed by atoms with Crippen LogP contribution in [0.25, 0.3) is 21.8 Å². The number of nitrogens with zero attached hydrogens (tertiary/aromatic N) is 1. The Morgan fingerprint density at radius 2 is 1.83 bits per heavy atom. The number of para-hydroxylation sites is 1. The van der Waals surface area contributed by atoms with Gasteiger partial charge in [0.15, 0.2) is 0 Å². The van der Waals surface area contributed by atoms with Crippen LogP contribution in [0.3, 0.4) is 0 Å². The van der Waals surface area contributed by atoms with Crippen LogP contribution in [0.15, 0.2) is 42.5 Å². The van der Waals surface area contributed by atoms with Gasteiger partial charge >= 0.3 is 0 Å². The van der Waals surface area contributed by atoms with Crippen LogP contribution in [0.4, 0.5) is 0 Å². The third-order valence-electron chi connectivity index (χ3n) is 4.92. The Hall–Kier alpha value is -2.20. The Kier molecular flexibility index (Phi) is 4.72. The normalized spacial score (nSPS) is 12.6. The van der Waals surface area contributed by atoms with E-state index in [4.69, 9.17) is 6.42 Å². The van der Waals surface area contributed by atoms with E-state index in [0.29, 0.717) is 0 Å². The second-order valence-electron chi connectivity index (χ2n) is 6.42. The van der Waals surface area contributed by atoms with Gasteiger partial charge in [0.05, 0.1) is 5.52 Å². The minimum Gasteiger partial charge on any atom is -0.340 e. The molecule has 3 aromatic rings. The maximum absolute atomic E-state index is 5.62. The summed E-state index contributed by atoms with van der Waals surface area (Å²) in [6.45, 7) is 5.65. The number of fused-ring (bicyclic) bond motifs is 3. The van der Waals surface area contributed by atoms with Crippen molar-refractivity contribution in [1.29, 1.82) is 0 Å². The zero-order valence-electron chi connectivity index (χ0n) is 14.2. The Balaban J connectivity index is 2.13. The van der Waals surface area contributed by atoms with Gasteiger partial charge in [-0.1, -0.05) is 63.3 Å². The molecule has 0 saturated heterocycles. The van der Waals surface area contributed by atoms with Crippen LogP contribution in [0.5, 0.6) is 0 Å². The number of hydrogen-bond donors (Lipinski definition) is 0. The summed E-state index contributed by atoms with van der Waals surface area (Å²) in [5.41, 5.74) is 3.56. The lowest BCUT2D eigenvalue weighted by molar-refractivity contribution is 0.401. The van der Waals surface area contributed by atoms with Gasteiger partial charge in [-0.2, -0.15) is 0 Å². The highest BCUT2D eigenvalue weighted by Crippen LogP contribution is 2.31. The molecule has 0 radical (unpaired) electrons. The SMILES string of the molecule is C#Cc1ccc2c3ccccc3n(CC(CC)CCCC)c2c1. The standard InChI is InChI=1S/C22H25N/c1-4-7-10-18(6-3)16-23-21-12-9-8-11-19(21)20-14-13-17(5-2)15-22(20)23/h2,8-9,11-15,18H,4,6-7,10,16H2,1,3H3. The lowest BCUT2D eigenvalue weighted by Gasteiger charge is -2.17. The van der Waals surface area contributed by atoms with Crippen molar-refractivity contribution in [3.63, 3.8) is 0 Å². The molecule has 0 aliphatic heterocycles. The van der Waals surface area contributed by atoms with Crippen LogP contribution in [-0.2, 0) is 6.54 Å². The molecule has 2 aromatic carbocycles. The summed E-state index contributed by atoms with van der Waals surface area (Å²) in [6, 6.07) is 15.1. The number of benzene rings is 2. The molecule has 1 heterocycles. The van der Waals surface area contributed by atoms with E-state index in [0.717, 1.165) is 18.0 Å². The van der Waals surface area contributed by atoms with Gasteiger partial charge in [0.1, 0.15) is 0 Å². The van der Waals surface area contributed by atoms with E-state index >= 15 is 0 Å². The van der Waals surface area contributed by atoms with E-state index in [1.54, 1.807) is 0 Å². The molecule has 3 rings (SSSR count). The predicted octanol–water partition coefficient (Wildman–Crippen LogP) is 5.99. The first-order chi connectivity index (χ1) is 11.3. The molecule has 1 atom stereocenters. The van der Waals surface area contributed by atoms with E-state index in [9.17, 15) is 0 Å². The zero-order chi connectivity index (χ0) is 16.2. The molecule has 1 nitrogen and oxygen atoms in total. The van der Waals surface area contributed by atoms with Gasteiger partial charge in [-0.3, -0.25) is 0 Å². The van der Waals surface area contributed by atoms with Crippen molar-refractivity contribution in [1.82, 2.24) is 4.57 Å². The van der Waals surface area contributed by atoms with Crippen LogP contribution in [0, 0.1) is 18.3 Å². The molecule has 1 unspecified atom stereocenters. The summed E-state index contributed by atoms with van der Waals surface area (Å²) in [6.07, 6.45) is 10.7. The Morgan fingerprint density at radius 1 is 1.04 bits per heavy atom. The molecular weight excluding hydrogens is 278 g/mol. The van der Waals surface area contributed by atoms with Crippen molar-refractivity contribution < 1.29 is 0 Å². The van der Waals surface area contributed by atoms with Crippen molar-refractivity contribution in [3.8, 4) is 12.3 Å². The van der Waals surface area contributed by atoms with Crippen molar-refractivity contribution in [2.45, 2.75) is 46.1 Å². The highest BCUT2D eigenvalue weighted by atomic mass is 15.0. The van der Waals surface area contributed by atoms with Gasteiger partial charge in [0, 0.05) is 28.4 Å². The minimum absolute atomic E-state index is 0.725. The first-order valence-corrected chi connectivity index (χ1v) is 8.76. The van der Waals surface area contributed by atoms with Crippen molar-refractivity contribution in [2.75, 3.05) is 0 Å². The minimum atomic E-state index is 0.725. The van der Waals surface area contributed by atoms with E-state index in [-0.39, 0.29) is 0 Å². The Bertz CT molecular complexity index is 847. The van der Waals surface area contributed by atoms with Crippen molar-refractivity contribution in [2.24, 2.45) is 5.92 Å². The second kappa shape index (κ2) is 6.92. The summed E-state index contributed by atoms with van der Waals surface area (Å²) in [5.74, 6) is 3.50. The quantitative estimate of drug-likeness (QED) is 0.493. The first kappa shape index (κ1) is 15.7. The van der Waals surface area contributed by atoms with Crippen LogP contribution >= 0.6 is 0 Å². The molecule has 0 spiro atoms. The average molecular weight is 303 g/mol. The van der Waals surface area contributed by atoms with Crippen LogP contribution in [0.1, 0.15) is 45.1 Å². The molecule has 0 N–H and O–H groups in total. The highest BCUT2D eigenvalue weighted by Gasteiger charge is 2.14. The number of terminal acetylenes is 1. The van der Waals surface area contributed by atoms with Gasteiger partial charge in [0.25, 0.3) is 0 Å². The van der Waals surface area contributed by atoms with Gasteiger partial charge in [-0.05, 0) is 30.5 Å². The molecule has 23 heavy (non-hydrogen) atoms. The lowest BCUT2D eigenvalue weighted by atomic mass is 9.99. The summed E-state index contributed by atoms with van der Waals surface area (Å²) in [7, 11) is 0. The zero-order valence-corrected chi connectivity index (χ0v) is 14.2. The fourth-order valence-corrected chi connectivity index (χ4v) is 3.51. The predicted molar refractivity (Wildman–Crippen MR) is 101 cm³/mol. The van der Waals surface area contributed by atoms with Gasteiger partial charge < -0.3 is 4.57 Å². The van der Waals surface area contributed by atoms with Crippen LogP contribution < -0.4 is 0 Å². The number of aromatic nitrogens is 1. The fraction of sp³-hybridized carbons (Fsp3) is 0.364.